The maximum atomic E-state index is 11.6. The van der Waals surface area contributed by atoms with Gasteiger partial charge in [-0.2, -0.15) is 0 Å². The molecule has 1 aromatic heterocycles. The summed E-state index contributed by atoms with van der Waals surface area (Å²) in [5.41, 5.74) is -0.249. The molecule has 5 heteroatoms. The summed E-state index contributed by atoms with van der Waals surface area (Å²) in [6, 6.07) is 13.3. The SMILES string of the molecule is CC1(C(O)(c2ccccc2)c2cccnc2)COCOC1.Cl. The Bertz CT molecular complexity index is 546. The van der Waals surface area contributed by atoms with Gasteiger partial charge in [0.1, 0.15) is 12.4 Å². The summed E-state index contributed by atoms with van der Waals surface area (Å²) < 4.78 is 10.9. The Kier molecular flexibility index (Phi) is 5.19. The largest absolute Gasteiger partial charge is 0.380 e. The van der Waals surface area contributed by atoms with Crippen LogP contribution in [0.2, 0.25) is 0 Å². The minimum Gasteiger partial charge on any atom is -0.380 e. The van der Waals surface area contributed by atoms with E-state index < -0.39 is 11.0 Å². The number of aromatic nitrogens is 1. The molecule has 0 radical (unpaired) electrons. The smallest absolute Gasteiger partial charge is 0.146 e. The molecule has 1 atom stereocenters. The third kappa shape index (κ3) is 2.75. The van der Waals surface area contributed by atoms with Crippen molar-refractivity contribution < 1.29 is 14.6 Å². The highest BCUT2D eigenvalue weighted by Gasteiger charge is 2.51. The predicted octanol–water partition coefficient (Wildman–Crippen LogP) is 2.75. The minimum atomic E-state index is -1.22. The Morgan fingerprint density at radius 1 is 1.05 bits per heavy atom. The third-order valence-corrected chi connectivity index (χ3v) is 4.15. The second kappa shape index (κ2) is 6.75. The summed E-state index contributed by atoms with van der Waals surface area (Å²) in [5, 5.41) is 11.6. The van der Waals surface area contributed by atoms with Gasteiger partial charge in [-0.15, -0.1) is 12.4 Å². The van der Waals surface area contributed by atoms with Gasteiger partial charge in [0.2, 0.25) is 0 Å². The first-order valence-corrected chi connectivity index (χ1v) is 7.01. The monoisotopic (exact) mass is 321 g/mol. The van der Waals surface area contributed by atoms with Crippen molar-refractivity contribution in [1.29, 1.82) is 0 Å². The third-order valence-electron chi connectivity index (χ3n) is 4.15. The van der Waals surface area contributed by atoms with Crippen molar-refractivity contribution in [1.82, 2.24) is 4.98 Å². The van der Waals surface area contributed by atoms with Crippen molar-refractivity contribution in [3.8, 4) is 0 Å². The summed E-state index contributed by atoms with van der Waals surface area (Å²) in [6.45, 7) is 3.10. The topological polar surface area (TPSA) is 51.6 Å². The molecule has 0 aliphatic carbocycles. The van der Waals surface area contributed by atoms with Crippen molar-refractivity contribution in [2.24, 2.45) is 5.41 Å². The molecule has 0 amide bonds. The molecule has 4 nitrogen and oxygen atoms in total. The summed E-state index contributed by atoms with van der Waals surface area (Å²) >= 11 is 0. The standard InChI is InChI=1S/C17H19NO3.ClH/c1-16(11-20-13-21-12-16)17(19,14-6-3-2-4-7-14)15-8-5-9-18-10-15;/h2-10,19H,11-13H2,1H3;1H. The van der Waals surface area contributed by atoms with Crippen LogP contribution in [-0.4, -0.2) is 30.1 Å². The Hall–Kier alpha value is -1.46. The van der Waals surface area contributed by atoms with E-state index in [0.29, 0.717) is 13.2 Å². The molecule has 1 aromatic carbocycles. The summed E-state index contributed by atoms with van der Waals surface area (Å²) in [7, 11) is 0. The van der Waals surface area contributed by atoms with Gasteiger partial charge < -0.3 is 14.6 Å². The lowest BCUT2D eigenvalue weighted by Crippen LogP contribution is -2.52. The minimum absolute atomic E-state index is 0. The van der Waals surface area contributed by atoms with Crippen molar-refractivity contribution in [3.05, 3.63) is 66.0 Å². The number of halogens is 1. The molecule has 2 heterocycles. The predicted molar refractivity (Wildman–Crippen MR) is 85.8 cm³/mol. The average molecular weight is 322 g/mol. The van der Waals surface area contributed by atoms with E-state index in [0.717, 1.165) is 11.1 Å². The van der Waals surface area contributed by atoms with Gasteiger partial charge in [-0.05, 0) is 11.6 Å². The molecule has 118 valence electrons. The van der Waals surface area contributed by atoms with Gasteiger partial charge in [-0.3, -0.25) is 4.98 Å². The van der Waals surface area contributed by atoms with Crippen LogP contribution in [0.1, 0.15) is 18.1 Å². The second-order valence-corrected chi connectivity index (χ2v) is 5.69. The van der Waals surface area contributed by atoms with Crippen molar-refractivity contribution in [2.45, 2.75) is 12.5 Å². The van der Waals surface area contributed by atoms with Crippen LogP contribution in [0.25, 0.3) is 0 Å². The van der Waals surface area contributed by atoms with Crippen molar-refractivity contribution in [2.75, 3.05) is 20.0 Å². The molecule has 1 N–H and O–H groups in total. The maximum Gasteiger partial charge on any atom is 0.146 e. The fourth-order valence-electron chi connectivity index (χ4n) is 2.96. The summed E-state index contributed by atoms with van der Waals surface area (Å²) in [6.07, 6.45) is 3.40. The molecule has 22 heavy (non-hydrogen) atoms. The second-order valence-electron chi connectivity index (χ2n) is 5.69. The van der Waals surface area contributed by atoms with E-state index in [4.69, 9.17) is 9.47 Å². The normalized spacial score (nSPS) is 19.7. The lowest BCUT2D eigenvalue weighted by Gasteiger charge is -2.47. The molecule has 0 bridgehead atoms. The zero-order valence-corrected chi connectivity index (χ0v) is 13.3. The number of nitrogens with zero attached hydrogens (tertiary/aromatic N) is 1. The first kappa shape index (κ1) is 16.9. The Balaban J connectivity index is 0.00000176. The van der Waals surface area contributed by atoms with E-state index in [2.05, 4.69) is 4.98 Å². The molecule has 1 fully saturated rings. The van der Waals surface area contributed by atoms with Crippen LogP contribution in [0.4, 0.5) is 0 Å². The van der Waals surface area contributed by atoms with Gasteiger partial charge in [0.25, 0.3) is 0 Å². The number of rotatable bonds is 3. The molecule has 1 aliphatic heterocycles. The average Bonchev–Trinajstić information content (AvgIpc) is 2.56. The zero-order chi connectivity index (χ0) is 14.8. The molecule has 1 saturated heterocycles. The van der Waals surface area contributed by atoms with E-state index >= 15 is 0 Å². The number of hydrogen-bond acceptors (Lipinski definition) is 4. The van der Waals surface area contributed by atoms with Gasteiger partial charge >= 0.3 is 0 Å². The first-order valence-electron chi connectivity index (χ1n) is 7.01. The van der Waals surface area contributed by atoms with Crippen molar-refractivity contribution >= 4 is 12.4 Å². The van der Waals surface area contributed by atoms with E-state index in [1.54, 1.807) is 12.4 Å². The Morgan fingerprint density at radius 2 is 1.68 bits per heavy atom. The van der Waals surface area contributed by atoms with Crippen LogP contribution in [0.3, 0.4) is 0 Å². The highest BCUT2D eigenvalue weighted by molar-refractivity contribution is 5.85. The molecular formula is C17H20ClNO3. The van der Waals surface area contributed by atoms with E-state index in [1.807, 2.05) is 49.4 Å². The van der Waals surface area contributed by atoms with Gasteiger partial charge in [0.15, 0.2) is 0 Å². The quantitative estimate of drug-likeness (QED) is 0.944. The molecule has 2 aromatic rings. The number of pyridine rings is 1. The molecule has 0 spiro atoms. The number of hydrogen-bond donors (Lipinski definition) is 1. The zero-order valence-electron chi connectivity index (χ0n) is 12.4. The Labute approximate surface area is 136 Å². The van der Waals surface area contributed by atoms with Gasteiger partial charge in [0.05, 0.1) is 18.6 Å². The lowest BCUT2D eigenvalue weighted by molar-refractivity contribution is -0.213. The Morgan fingerprint density at radius 3 is 2.27 bits per heavy atom. The molecule has 1 unspecified atom stereocenters. The highest BCUT2D eigenvalue weighted by atomic mass is 35.5. The van der Waals surface area contributed by atoms with Crippen LogP contribution in [0.15, 0.2) is 54.9 Å². The fourth-order valence-corrected chi connectivity index (χ4v) is 2.96. The molecule has 0 saturated carbocycles. The summed E-state index contributed by atoms with van der Waals surface area (Å²) in [5.74, 6) is 0. The van der Waals surface area contributed by atoms with Crippen LogP contribution >= 0.6 is 12.4 Å². The van der Waals surface area contributed by atoms with Crippen LogP contribution < -0.4 is 0 Å². The van der Waals surface area contributed by atoms with Crippen LogP contribution in [0.5, 0.6) is 0 Å². The van der Waals surface area contributed by atoms with E-state index in [9.17, 15) is 5.11 Å². The fraction of sp³-hybridized carbons (Fsp3) is 0.353. The van der Waals surface area contributed by atoms with E-state index in [1.165, 1.54) is 0 Å². The van der Waals surface area contributed by atoms with Gasteiger partial charge in [-0.1, -0.05) is 43.3 Å². The number of benzene rings is 1. The van der Waals surface area contributed by atoms with Gasteiger partial charge in [0, 0.05) is 18.0 Å². The maximum absolute atomic E-state index is 11.6. The molecular weight excluding hydrogens is 302 g/mol. The van der Waals surface area contributed by atoms with Crippen LogP contribution in [-0.2, 0) is 15.1 Å². The number of aliphatic hydroxyl groups is 1. The molecule has 1 aliphatic rings. The first-order chi connectivity index (χ1) is 10.2. The van der Waals surface area contributed by atoms with E-state index in [-0.39, 0.29) is 19.2 Å². The summed E-state index contributed by atoms with van der Waals surface area (Å²) in [4.78, 5) is 4.16. The highest BCUT2D eigenvalue weighted by Crippen LogP contribution is 2.46. The molecule has 3 rings (SSSR count). The number of ether oxygens (including phenoxy) is 2. The van der Waals surface area contributed by atoms with Crippen molar-refractivity contribution in [3.63, 3.8) is 0 Å². The lowest BCUT2D eigenvalue weighted by atomic mass is 9.67. The van der Waals surface area contributed by atoms with Crippen LogP contribution in [0, 0.1) is 5.41 Å². The van der Waals surface area contributed by atoms with Gasteiger partial charge in [-0.25, -0.2) is 0 Å².